The standard InChI is InChI=1S/C15H20N4O2.ClH/c1-9-13-11(14(20)17-7-3-2-6-16)8-12(10-4-5-10)18-15(13)21-19-9;/h8,10H,2-7,16H2,1H3,(H,17,20);1H. The van der Waals surface area contributed by atoms with Gasteiger partial charge in [0.2, 0.25) is 0 Å². The normalized spacial score (nSPS) is 13.9. The van der Waals surface area contributed by atoms with Crippen LogP contribution in [0.4, 0.5) is 0 Å². The molecule has 1 amide bonds. The summed E-state index contributed by atoms with van der Waals surface area (Å²) < 4.78 is 5.24. The Morgan fingerprint density at radius 3 is 2.91 bits per heavy atom. The molecule has 3 N–H and O–H groups in total. The highest BCUT2D eigenvalue weighted by Gasteiger charge is 2.28. The van der Waals surface area contributed by atoms with E-state index in [1.165, 1.54) is 0 Å². The number of hydrogen-bond acceptors (Lipinski definition) is 5. The maximum absolute atomic E-state index is 12.4. The van der Waals surface area contributed by atoms with E-state index in [-0.39, 0.29) is 18.3 Å². The fourth-order valence-electron chi connectivity index (χ4n) is 2.45. The molecule has 2 aromatic rings. The zero-order valence-electron chi connectivity index (χ0n) is 12.6. The number of carbonyl (C=O) groups excluding carboxylic acids is 1. The first kappa shape index (κ1) is 16.7. The lowest BCUT2D eigenvalue weighted by molar-refractivity contribution is 0.0954. The largest absolute Gasteiger partial charge is 0.352 e. The van der Waals surface area contributed by atoms with Crippen molar-refractivity contribution in [2.24, 2.45) is 5.73 Å². The summed E-state index contributed by atoms with van der Waals surface area (Å²) in [6.07, 6.45) is 4.05. The minimum absolute atomic E-state index is 0. The fourth-order valence-corrected chi connectivity index (χ4v) is 2.45. The second-order valence-corrected chi connectivity index (χ2v) is 5.57. The van der Waals surface area contributed by atoms with Crippen LogP contribution in [0, 0.1) is 6.92 Å². The van der Waals surface area contributed by atoms with Crippen LogP contribution in [0.5, 0.6) is 0 Å². The molecule has 120 valence electrons. The van der Waals surface area contributed by atoms with E-state index in [2.05, 4.69) is 15.5 Å². The summed E-state index contributed by atoms with van der Waals surface area (Å²) >= 11 is 0. The topological polar surface area (TPSA) is 94.0 Å². The van der Waals surface area contributed by atoms with Gasteiger partial charge in [0, 0.05) is 18.2 Å². The van der Waals surface area contributed by atoms with Crippen LogP contribution in [0.3, 0.4) is 0 Å². The van der Waals surface area contributed by atoms with Crippen LogP contribution in [0.25, 0.3) is 11.1 Å². The maximum atomic E-state index is 12.4. The number of unbranched alkanes of at least 4 members (excludes halogenated alkanes) is 1. The minimum Gasteiger partial charge on any atom is -0.352 e. The first-order valence-electron chi connectivity index (χ1n) is 7.46. The first-order valence-corrected chi connectivity index (χ1v) is 7.46. The number of rotatable bonds is 6. The van der Waals surface area contributed by atoms with Crippen molar-refractivity contribution < 1.29 is 9.32 Å². The number of carbonyl (C=O) groups is 1. The molecule has 7 heteroatoms. The van der Waals surface area contributed by atoms with Gasteiger partial charge in [0.15, 0.2) is 0 Å². The molecule has 0 atom stereocenters. The van der Waals surface area contributed by atoms with Crippen molar-refractivity contribution in [1.29, 1.82) is 0 Å². The molecule has 0 aliphatic heterocycles. The van der Waals surface area contributed by atoms with Crippen molar-refractivity contribution in [1.82, 2.24) is 15.5 Å². The van der Waals surface area contributed by atoms with E-state index in [1.807, 2.05) is 13.0 Å². The van der Waals surface area contributed by atoms with Crippen molar-refractivity contribution in [2.45, 2.75) is 38.5 Å². The number of nitrogens with zero attached hydrogens (tertiary/aromatic N) is 2. The second-order valence-electron chi connectivity index (χ2n) is 5.57. The molecule has 0 aromatic carbocycles. The molecular formula is C15H21ClN4O2. The molecule has 0 spiro atoms. The van der Waals surface area contributed by atoms with E-state index >= 15 is 0 Å². The molecule has 0 radical (unpaired) electrons. The number of pyridine rings is 1. The highest BCUT2D eigenvalue weighted by molar-refractivity contribution is 6.06. The van der Waals surface area contributed by atoms with E-state index in [0.29, 0.717) is 36.0 Å². The van der Waals surface area contributed by atoms with Crippen LogP contribution in [0.1, 0.15) is 53.3 Å². The third-order valence-corrected chi connectivity index (χ3v) is 3.79. The lowest BCUT2D eigenvalue weighted by atomic mass is 10.1. The summed E-state index contributed by atoms with van der Waals surface area (Å²) in [7, 11) is 0. The van der Waals surface area contributed by atoms with Crippen molar-refractivity contribution in [3.05, 3.63) is 23.0 Å². The summed E-state index contributed by atoms with van der Waals surface area (Å²) in [5, 5.41) is 7.59. The highest BCUT2D eigenvalue weighted by Crippen LogP contribution is 2.40. The number of nitrogens with two attached hydrogens (primary N) is 1. The number of aromatic nitrogens is 2. The van der Waals surface area contributed by atoms with Gasteiger partial charge < -0.3 is 15.6 Å². The van der Waals surface area contributed by atoms with Crippen molar-refractivity contribution >= 4 is 29.4 Å². The second kappa shape index (κ2) is 7.07. The molecule has 2 aromatic heterocycles. The lowest BCUT2D eigenvalue weighted by Crippen LogP contribution is -2.25. The zero-order chi connectivity index (χ0) is 14.8. The molecule has 1 saturated carbocycles. The van der Waals surface area contributed by atoms with Gasteiger partial charge in [-0.3, -0.25) is 4.79 Å². The Bertz CT molecular complexity index is 667. The van der Waals surface area contributed by atoms with Gasteiger partial charge in [-0.2, -0.15) is 0 Å². The fraction of sp³-hybridized carbons (Fsp3) is 0.533. The SMILES string of the molecule is Cc1noc2nc(C3CC3)cc(C(=O)NCCCCN)c12.Cl. The Balaban J connectivity index is 0.00000176. The van der Waals surface area contributed by atoms with Gasteiger partial charge in [0.1, 0.15) is 0 Å². The number of nitrogens with one attached hydrogen (secondary N) is 1. The molecule has 1 aliphatic carbocycles. The molecule has 1 aliphatic rings. The predicted octanol–water partition coefficient (Wildman–Crippen LogP) is 2.30. The molecule has 6 nitrogen and oxygen atoms in total. The van der Waals surface area contributed by atoms with Crippen LogP contribution < -0.4 is 11.1 Å². The van der Waals surface area contributed by atoms with E-state index in [1.54, 1.807) is 0 Å². The predicted molar refractivity (Wildman–Crippen MR) is 86.4 cm³/mol. The smallest absolute Gasteiger partial charge is 0.259 e. The zero-order valence-corrected chi connectivity index (χ0v) is 13.4. The van der Waals surface area contributed by atoms with Crippen LogP contribution >= 0.6 is 12.4 Å². The summed E-state index contributed by atoms with van der Waals surface area (Å²) in [4.78, 5) is 16.9. The van der Waals surface area contributed by atoms with Gasteiger partial charge in [-0.05, 0) is 45.2 Å². The number of hydrogen-bond donors (Lipinski definition) is 2. The van der Waals surface area contributed by atoms with E-state index in [4.69, 9.17) is 10.3 Å². The molecule has 22 heavy (non-hydrogen) atoms. The van der Waals surface area contributed by atoms with Crippen molar-refractivity contribution in [3.8, 4) is 0 Å². The van der Waals surface area contributed by atoms with Crippen LogP contribution in [-0.4, -0.2) is 29.1 Å². The molecule has 3 rings (SSSR count). The quantitative estimate of drug-likeness (QED) is 0.795. The highest BCUT2D eigenvalue weighted by atomic mass is 35.5. The van der Waals surface area contributed by atoms with Gasteiger partial charge in [0.05, 0.1) is 16.6 Å². The molecule has 0 saturated heterocycles. The number of fused-ring (bicyclic) bond motifs is 1. The van der Waals surface area contributed by atoms with Gasteiger partial charge >= 0.3 is 0 Å². The Kier molecular flexibility index (Phi) is 5.37. The molecular weight excluding hydrogens is 304 g/mol. The van der Waals surface area contributed by atoms with Gasteiger partial charge in [-0.25, -0.2) is 4.98 Å². The van der Waals surface area contributed by atoms with Gasteiger partial charge in [0.25, 0.3) is 11.6 Å². The Morgan fingerprint density at radius 1 is 1.45 bits per heavy atom. The van der Waals surface area contributed by atoms with Crippen LogP contribution in [0.2, 0.25) is 0 Å². The summed E-state index contributed by atoms with van der Waals surface area (Å²) in [5.41, 5.74) is 8.17. The van der Waals surface area contributed by atoms with Crippen LogP contribution in [-0.2, 0) is 0 Å². The van der Waals surface area contributed by atoms with E-state index in [9.17, 15) is 4.79 Å². The number of amides is 1. The summed E-state index contributed by atoms with van der Waals surface area (Å²) in [6.45, 7) is 3.10. The average Bonchev–Trinajstić information content (AvgIpc) is 3.27. The number of aryl methyl sites for hydroxylation is 1. The minimum atomic E-state index is -0.0902. The maximum Gasteiger partial charge on any atom is 0.259 e. The van der Waals surface area contributed by atoms with Crippen LogP contribution in [0.15, 0.2) is 10.6 Å². The molecule has 2 heterocycles. The van der Waals surface area contributed by atoms with E-state index < -0.39 is 0 Å². The molecule has 0 unspecified atom stereocenters. The first-order chi connectivity index (χ1) is 10.2. The van der Waals surface area contributed by atoms with Crippen molar-refractivity contribution in [2.75, 3.05) is 13.1 Å². The summed E-state index contributed by atoms with van der Waals surface area (Å²) in [6, 6.07) is 1.89. The summed E-state index contributed by atoms with van der Waals surface area (Å²) in [5.74, 6) is 0.371. The Morgan fingerprint density at radius 2 is 2.23 bits per heavy atom. The number of halogens is 1. The third-order valence-electron chi connectivity index (χ3n) is 3.79. The monoisotopic (exact) mass is 324 g/mol. The lowest BCUT2D eigenvalue weighted by Gasteiger charge is -2.07. The Labute approximate surface area is 135 Å². The molecule has 1 fully saturated rings. The Hall–Kier alpha value is -1.66. The average molecular weight is 325 g/mol. The molecule has 0 bridgehead atoms. The van der Waals surface area contributed by atoms with Gasteiger partial charge in [-0.1, -0.05) is 5.16 Å². The van der Waals surface area contributed by atoms with Gasteiger partial charge in [-0.15, -0.1) is 12.4 Å². The third kappa shape index (κ3) is 3.39. The van der Waals surface area contributed by atoms with Crippen molar-refractivity contribution in [3.63, 3.8) is 0 Å². The van der Waals surface area contributed by atoms with E-state index in [0.717, 1.165) is 36.8 Å².